The Labute approximate surface area is 131 Å². The number of halogens is 3. The summed E-state index contributed by atoms with van der Waals surface area (Å²) in [6.07, 6.45) is 2.56. The third kappa shape index (κ3) is 3.66. The molecule has 0 aromatic heterocycles. The molecule has 1 fully saturated rings. The Morgan fingerprint density at radius 2 is 1.67 bits per heavy atom. The fourth-order valence-electron chi connectivity index (χ4n) is 2.62. The second-order valence-electron chi connectivity index (χ2n) is 5.07. The molecular weight excluding hydrogens is 320 g/mol. The minimum atomic E-state index is -0.980. The van der Waals surface area contributed by atoms with Gasteiger partial charge in [-0.05, 0) is 25.0 Å². The van der Waals surface area contributed by atoms with Crippen molar-refractivity contribution in [2.24, 2.45) is 11.8 Å². The van der Waals surface area contributed by atoms with Crippen LogP contribution in [0.25, 0.3) is 0 Å². The topological polar surface area (TPSA) is 66.4 Å². The standard InChI is InChI=1S/C14H14Cl2FNO3/c15-10-5-7(17)6-11(16)12(10)18-13(19)8-3-1-2-4-9(8)14(20)21/h5-6,8-9H,1-4H2,(H,18,19)(H,20,21)/t8-,9+/m1/s1. The molecule has 114 valence electrons. The molecule has 0 saturated heterocycles. The zero-order valence-corrected chi connectivity index (χ0v) is 12.5. The number of anilines is 1. The normalized spacial score (nSPS) is 21.9. The molecule has 0 aliphatic heterocycles. The van der Waals surface area contributed by atoms with E-state index >= 15 is 0 Å². The van der Waals surface area contributed by atoms with E-state index in [1.807, 2.05) is 0 Å². The maximum absolute atomic E-state index is 13.1. The second kappa shape index (κ2) is 6.62. The minimum Gasteiger partial charge on any atom is -0.481 e. The lowest BCUT2D eigenvalue weighted by molar-refractivity contribution is -0.147. The highest BCUT2D eigenvalue weighted by Gasteiger charge is 2.36. The zero-order valence-electron chi connectivity index (χ0n) is 11.0. The van der Waals surface area contributed by atoms with Crippen LogP contribution in [-0.4, -0.2) is 17.0 Å². The largest absolute Gasteiger partial charge is 0.481 e. The van der Waals surface area contributed by atoms with Crippen molar-refractivity contribution in [3.8, 4) is 0 Å². The predicted molar refractivity (Wildman–Crippen MR) is 78.1 cm³/mol. The van der Waals surface area contributed by atoms with Crippen molar-refractivity contribution in [3.05, 3.63) is 28.0 Å². The van der Waals surface area contributed by atoms with Gasteiger partial charge >= 0.3 is 5.97 Å². The molecule has 1 aromatic carbocycles. The number of rotatable bonds is 3. The molecule has 2 N–H and O–H groups in total. The van der Waals surface area contributed by atoms with Crippen LogP contribution >= 0.6 is 23.2 Å². The second-order valence-corrected chi connectivity index (χ2v) is 5.88. The molecular formula is C14H14Cl2FNO3. The van der Waals surface area contributed by atoms with Gasteiger partial charge in [0.15, 0.2) is 0 Å². The van der Waals surface area contributed by atoms with E-state index in [2.05, 4.69) is 5.32 Å². The lowest BCUT2D eigenvalue weighted by Gasteiger charge is -2.27. The lowest BCUT2D eigenvalue weighted by atomic mass is 9.78. The molecule has 1 aromatic rings. The summed E-state index contributed by atoms with van der Waals surface area (Å²) < 4.78 is 13.1. The number of amides is 1. The minimum absolute atomic E-state index is 0.0176. The quantitative estimate of drug-likeness (QED) is 0.879. The fourth-order valence-corrected chi connectivity index (χ4v) is 3.17. The Hall–Kier alpha value is -1.33. The van der Waals surface area contributed by atoms with Gasteiger partial charge < -0.3 is 10.4 Å². The summed E-state index contributed by atoms with van der Waals surface area (Å²) in [5.74, 6) is -3.38. The Kier molecular flexibility index (Phi) is 5.06. The lowest BCUT2D eigenvalue weighted by Crippen LogP contribution is -2.36. The van der Waals surface area contributed by atoms with Crippen LogP contribution in [-0.2, 0) is 9.59 Å². The summed E-state index contributed by atoms with van der Waals surface area (Å²) in [4.78, 5) is 23.5. The number of carboxylic acids is 1. The Bertz CT molecular complexity index is 556. The number of nitrogens with one attached hydrogen (secondary N) is 1. The molecule has 7 heteroatoms. The maximum atomic E-state index is 13.1. The number of hydrogen-bond acceptors (Lipinski definition) is 2. The van der Waals surface area contributed by atoms with Crippen molar-refractivity contribution >= 4 is 40.8 Å². The molecule has 0 bridgehead atoms. The van der Waals surface area contributed by atoms with E-state index in [1.54, 1.807) is 0 Å². The van der Waals surface area contributed by atoms with Crippen LogP contribution in [0.1, 0.15) is 25.7 Å². The van der Waals surface area contributed by atoms with Crippen LogP contribution in [0.5, 0.6) is 0 Å². The van der Waals surface area contributed by atoms with E-state index in [0.717, 1.165) is 25.0 Å². The van der Waals surface area contributed by atoms with Gasteiger partial charge in [0.25, 0.3) is 0 Å². The number of aliphatic carboxylic acids is 1. The van der Waals surface area contributed by atoms with Gasteiger partial charge in [-0.25, -0.2) is 4.39 Å². The number of benzene rings is 1. The predicted octanol–water partition coefficient (Wildman–Crippen LogP) is 3.96. The van der Waals surface area contributed by atoms with Gasteiger partial charge in [0.2, 0.25) is 5.91 Å². The summed E-state index contributed by atoms with van der Waals surface area (Å²) in [6.45, 7) is 0. The van der Waals surface area contributed by atoms with E-state index in [0.29, 0.717) is 12.8 Å². The monoisotopic (exact) mass is 333 g/mol. The van der Waals surface area contributed by atoms with Crippen molar-refractivity contribution in [3.63, 3.8) is 0 Å². The highest BCUT2D eigenvalue weighted by Crippen LogP contribution is 2.35. The molecule has 1 aliphatic rings. The number of carbonyl (C=O) groups excluding carboxylic acids is 1. The van der Waals surface area contributed by atoms with Crippen molar-refractivity contribution < 1.29 is 19.1 Å². The van der Waals surface area contributed by atoms with Crippen LogP contribution in [0.15, 0.2) is 12.1 Å². The molecule has 0 radical (unpaired) electrons. The molecule has 0 unspecified atom stereocenters. The van der Waals surface area contributed by atoms with Gasteiger partial charge in [0.1, 0.15) is 5.82 Å². The van der Waals surface area contributed by atoms with Crippen molar-refractivity contribution in [1.82, 2.24) is 0 Å². The summed E-state index contributed by atoms with van der Waals surface area (Å²) in [5.41, 5.74) is 0.111. The molecule has 2 rings (SSSR count). The third-order valence-corrected chi connectivity index (χ3v) is 4.27. The first kappa shape index (κ1) is 16.0. The first-order chi connectivity index (χ1) is 9.90. The van der Waals surface area contributed by atoms with Crippen molar-refractivity contribution in [1.29, 1.82) is 0 Å². The van der Waals surface area contributed by atoms with E-state index < -0.39 is 29.5 Å². The molecule has 0 spiro atoms. The Morgan fingerprint density at radius 3 is 2.19 bits per heavy atom. The molecule has 1 amide bonds. The van der Waals surface area contributed by atoms with E-state index in [-0.39, 0.29) is 15.7 Å². The summed E-state index contributed by atoms with van der Waals surface area (Å²) in [7, 11) is 0. The fraction of sp³-hybridized carbons (Fsp3) is 0.429. The first-order valence-corrected chi connectivity index (χ1v) is 7.34. The van der Waals surface area contributed by atoms with E-state index in [9.17, 15) is 19.1 Å². The van der Waals surface area contributed by atoms with Gasteiger partial charge in [-0.1, -0.05) is 36.0 Å². The molecule has 2 atom stereocenters. The number of hydrogen-bond donors (Lipinski definition) is 2. The van der Waals surface area contributed by atoms with Crippen LogP contribution in [0.2, 0.25) is 10.0 Å². The van der Waals surface area contributed by atoms with Crippen molar-refractivity contribution in [2.45, 2.75) is 25.7 Å². The molecule has 1 saturated carbocycles. The number of carbonyl (C=O) groups is 2. The zero-order chi connectivity index (χ0) is 15.6. The number of carboxylic acid groups (broad SMARTS) is 1. The summed E-state index contributed by atoms with van der Waals surface area (Å²) in [6, 6.07) is 2.08. The van der Waals surface area contributed by atoms with E-state index in [4.69, 9.17) is 23.2 Å². The highest BCUT2D eigenvalue weighted by molar-refractivity contribution is 6.39. The van der Waals surface area contributed by atoms with Crippen LogP contribution in [0.3, 0.4) is 0 Å². The van der Waals surface area contributed by atoms with Gasteiger partial charge in [-0.3, -0.25) is 9.59 Å². The Balaban J connectivity index is 2.19. The molecule has 21 heavy (non-hydrogen) atoms. The van der Waals surface area contributed by atoms with Gasteiger partial charge in [-0.2, -0.15) is 0 Å². The highest BCUT2D eigenvalue weighted by atomic mass is 35.5. The molecule has 0 heterocycles. The van der Waals surface area contributed by atoms with Crippen LogP contribution in [0, 0.1) is 17.7 Å². The van der Waals surface area contributed by atoms with E-state index in [1.165, 1.54) is 0 Å². The maximum Gasteiger partial charge on any atom is 0.307 e. The molecule has 1 aliphatic carbocycles. The smallest absolute Gasteiger partial charge is 0.307 e. The average Bonchev–Trinajstić information content (AvgIpc) is 2.42. The van der Waals surface area contributed by atoms with Gasteiger partial charge in [0, 0.05) is 0 Å². The van der Waals surface area contributed by atoms with Crippen LogP contribution in [0.4, 0.5) is 10.1 Å². The average molecular weight is 334 g/mol. The van der Waals surface area contributed by atoms with Crippen molar-refractivity contribution in [2.75, 3.05) is 5.32 Å². The van der Waals surface area contributed by atoms with Gasteiger partial charge in [0.05, 0.1) is 27.6 Å². The summed E-state index contributed by atoms with van der Waals surface area (Å²) >= 11 is 11.7. The summed E-state index contributed by atoms with van der Waals surface area (Å²) in [5, 5.41) is 11.7. The SMILES string of the molecule is O=C(O)[C@H]1CCCC[C@H]1C(=O)Nc1c(Cl)cc(F)cc1Cl. The van der Waals surface area contributed by atoms with Gasteiger partial charge in [-0.15, -0.1) is 0 Å². The first-order valence-electron chi connectivity index (χ1n) is 6.58. The van der Waals surface area contributed by atoms with Crippen LogP contribution < -0.4 is 5.32 Å². The molecule has 4 nitrogen and oxygen atoms in total. The third-order valence-electron chi connectivity index (χ3n) is 3.68. The Morgan fingerprint density at radius 1 is 1.14 bits per heavy atom.